The standard InChI is InChI=1S/C32H53NO7/c1-5-6-7-8-9-10-11-12-13-14-15-16-17-18-19-20-21-22-23-24-30(35)39-27-29(34)28-40-32(31(36)37)38-26-25-33(2,3)4/h6-7,9-10,12-13,15-16,18-19,29,32,34H,5,8,11,14,17,20-28H2,1-4H3/b7-6-,10-9-,13-12-,16-15-,19-18-. The molecule has 0 saturated carbocycles. The Bertz CT molecular complexity index is 794. The van der Waals surface area contributed by atoms with Crippen molar-refractivity contribution in [1.82, 2.24) is 0 Å². The summed E-state index contributed by atoms with van der Waals surface area (Å²) in [6.07, 6.45) is 27.8. The average molecular weight is 564 g/mol. The third-order valence-corrected chi connectivity index (χ3v) is 5.51. The van der Waals surface area contributed by atoms with Crippen molar-refractivity contribution in [3.8, 4) is 0 Å². The number of likely N-dealkylation sites (N-methyl/N-ethyl adjacent to an activating group) is 1. The minimum atomic E-state index is -1.58. The molecule has 8 heteroatoms. The molecule has 0 aliphatic carbocycles. The molecule has 0 aliphatic rings. The lowest BCUT2D eigenvalue weighted by Gasteiger charge is -2.26. The number of nitrogens with zero attached hydrogens (tertiary/aromatic N) is 1. The molecule has 0 rings (SSSR count). The van der Waals surface area contributed by atoms with E-state index in [0.29, 0.717) is 17.4 Å². The fraction of sp³-hybridized carbons (Fsp3) is 0.625. The maximum Gasteiger partial charge on any atom is 0.305 e. The number of aliphatic hydroxyl groups excluding tert-OH is 1. The Morgan fingerprint density at radius 2 is 1.32 bits per heavy atom. The first-order chi connectivity index (χ1) is 19.2. The van der Waals surface area contributed by atoms with Crippen molar-refractivity contribution < 1.29 is 38.5 Å². The molecule has 0 bridgehead atoms. The number of carbonyl (C=O) groups is 2. The molecule has 0 aliphatic heterocycles. The van der Waals surface area contributed by atoms with Crippen molar-refractivity contribution in [2.75, 3.05) is 47.5 Å². The van der Waals surface area contributed by atoms with Crippen LogP contribution in [0.15, 0.2) is 60.8 Å². The predicted octanol–water partition coefficient (Wildman–Crippen LogP) is 4.41. The van der Waals surface area contributed by atoms with Crippen LogP contribution in [0, 0.1) is 0 Å². The molecule has 40 heavy (non-hydrogen) atoms. The second kappa shape index (κ2) is 25.4. The second-order valence-electron chi connectivity index (χ2n) is 10.5. The summed E-state index contributed by atoms with van der Waals surface area (Å²) < 4.78 is 15.9. The van der Waals surface area contributed by atoms with E-state index in [1.807, 2.05) is 21.1 Å². The summed E-state index contributed by atoms with van der Waals surface area (Å²) in [6.45, 7) is 2.27. The number of aliphatic hydroxyl groups is 1. The van der Waals surface area contributed by atoms with E-state index in [1.54, 1.807) is 0 Å². The van der Waals surface area contributed by atoms with Crippen LogP contribution in [0.1, 0.15) is 71.1 Å². The molecule has 0 spiro atoms. The highest BCUT2D eigenvalue weighted by molar-refractivity contribution is 5.69. The van der Waals surface area contributed by atoms with Gasteiger partial charge in [0, 0.05) is 6.42 Å². The summed E-state index contributed by atoms with van der Waals surface area (Å²) in [6, 6.07) is 0. The lowest BCUT2D eigenvalue weighted by Crippen LogP contribution is -2.44. The van der Waals surface area contributed by atoms with Crippen LogP contribution in [0.3, 0.4) is 0 Å². The Hall–Kier alpha value is -2.52. The zero-order chi connectivity index (χ0) is 29.9. The van der Waals surface area contributed by atoms with E-state index in [1.165, 1.54) is 0 Å². The Labute approximate surface area is 242 Å². The number of carboxylic acid groups (broad SMARTS) is 1. The minimum absolute atomic E-state index is 0.161. The van der Waals surface area contributed by atoms with Crippen LogP contribution in [0.2, 0.25) is 0 Å². The van der Waals surface area contributed by atoms with Crippen LogP contribution in [0.25, 0.3) is 0 Å². The maximum atomic E-state index is 11.9. The monoisotopic (exact) mass is 563 g/mol. The molecule has 0 aromatic rings. The summed E-state index contributed by atoms with van der Waals surface area (Å²) in [5.41, 5.74) is 0. The lowest BCUT2D eigenvalue weighted by atomic mass is 10.1. The van der Waals surface area contributed by atoms with E-state index >= 15 is 0 Å². The van der Waals surface area contributed by atoms with Gasteiger partial charge in [0.15, 0.2) is 6.29 Å². The highest BCUT2D eigenvalue weighted by Gasteiger charge is 2.17. The van der Waals surface area contributed by atoms with Gasteiger partial charge in [0.25, 0.3) is 0 Å². The summed E-state index contributed by atoms with van der Waals surface area (Å²) in [4.78, 5) is 23.0. The molecule has 0 aromatic carbocycles. The molecule has 8 nitrogen and oxygen atoms in total. The first-order valence-corrected chi connectivity index (χ1v) is 14.5. The van der Waals surface area contributed by atoms with E-state index < -0.39 is 24.3 Å². The van der Waals surface area contributed by atoms with Gasteiger partial charge in [-0.15, -0.1) is 0 Å². The van der Waals surface area contributed by atoms with Crippen molar-refractivity contribution in [3.05, 3.63) is 60.8 Å². The number of aliphatic carboxylic acids is 1. The van der Waals surface area contributed by atoms with Crippen molar-refractivity contribution in [1.29, 1.82) is 0 Å². The zero-order valence-corrected chi connectivity index (χ0v) is 25.2. The van der Waals surface area contributed by atoms with Gasteiger partial charge in [-0.3, -0.25) is 4.79 Å². The molecule has 2 atom stereocenters. The minimum Gasteiger partial charge on any atom is -0.545 e. The molecular formula is C32H53NO7. The first kappa shape index (κ1) is 37.5. The van der Waals surface area contributed by atoms with Gasteiger partial charge in [0.1, 0.15) is 19.3 Å². The largest absolute Gasteiger partial charge is 0.545 e. The number of carbonyl (C=O) groups excluding carboxylic acids is 2. The molecule has 0 fully saturated rings. The Balaban J connectivity index is 3.77. The van der Waals surface area contributed by atoms with Crippen LogP contribution in [0.4, 0.5) is 0 Å². The quantitative estimate of drug-likeness (QED) is 0.0577. The zero-order valence-electron chi connectivity index (χ0n) is 25.2. The number of allylic oxidation sites excluding steroid dienone is 10. The normalized spacial score (nSPS) is 14.3. The molecular weight excluding hydrogens is 510 g/mol. The molecule has 2 unspecified atom stereocenters. The molecule has 0 heterocycles. The van der Waals surface area contributed by atoms with Crippen LogP contribution in [-0.4, -0.2) is 81.4 Å². The summed E-state index contributed by atoms with van der Waals surface area (Å²) in [5.74, 6) is -1.92. The topological polar surface area (TPSA) is 105 Å². The number of hydrogen-bond acceptors (Lipinski definition) is 7. The van der Waals surface area contributed by atoms with Gasteiger partial charge < -0.3 is 33.7 Å². The Morgan fingerprint density at radius 3 is 1.85 bits per heavy atom. The highest BCUT2D eigenvalue weighted by Crippen LogP contribution is 2.06. The maximum absolute atomic E-state index is 11.9. The number of rotatable bonds is 25. The van der Waals surface area contributed by atoms with Gasteiger partial charge >= 0.3 is 5.97 Å². The van der Waals surface area contributed by atoms with Crippen LogP contribution < -0.4 is 5.11 Å². The third kappa shape index (κ3) is 27.1. The van der Waals surface area contributed by atoms with Crippen molar-refractivity contribution in [2.45, 2.75) is 83.5 Å². The number of carboxylic acids is 1. The second-order valence-corrected chi connectivity index (χ2v) is 10.5. The van der Waals surface area contributed by atoms with Gasteiger partial charge in [-0.05, 0) is 51.4 Å². The van der Waals surface area contributed by atoms with Crippen molar-refractivity contribution in [3.63, 3.8) is 0 Å². The number of ether oxygens (including phenoxy) is 3. The van der Waals surface area contributed by atoms with Gasteiger partial charge in [-0.1, -0.05) is 74.1 Å². The summed E-state index contributed by atoms with van der Waals surface area (Å²) in [7, 11) is 5.84. The number of hydrogen-bond donors (Lipinski definition) is 1. The molecule has 0 aromatic heterocycles. The first-order valence-electron chi connectivity index (χ1n) is 14.5. The molecule has 0 saturated heterocycles. The van der Waals surface area contributed by atoms with Crippen molar-refractivity contribution >= 4 is 11.9 Å². The Kier molecular flexibility index (Phi) is 23.8. The van der Waals surface area contributed by atoms with Crippen LogP contribution >= 0.6 is 0 Å². The van der Waals surface area contributed by atoms with E-state index in [-0.39, 0.29) is 26.2 Å². The van der Waals surface area contributed by atoms with Crippen LogP contribution in [-0.2, 0) is 23.8 Å². The number of quaternary nitrogens is 1. The molecule has 0 amide bonds. The summed E-state index contributed by atoms with van der Waals surface area (Å²) in [5, 5.41) is 21.1. The SMILES string of the molecule is CC/C=C\C/C=C\C/C=C\C/C=C\C/C=C\CCCCCC(=O)OCC(O)COC(OCC[N+](C)(C)C)C(=O)[O-]. The van der Waals surface area contributed by atoms with Crippen LogP contribution in [0.5, 0.6) is 0 Å². The lowest BCUT2D eigenvalue weighted by molar-refractivity contribution is -0.870. The number of esters is 1. The van der Waals surface area contributed by atoms with Gasteiger partial charge in [-0.25, -0.2) is 0 Å². The fourth-order valence-electron chi connectivity index (χ4n) is 3.20. The molecule has 1 N–H and O–H groups in total. The Morgan fingerprint density at radius 1 is 0.775 bits per heavy atom. The summed E-state index contributed by atoms with van der Waals surface area (Å²) >= 11 is 0. The van der Waals surface area contributed by atoms with E-state index in [2.05, 4.69) is 67.7 Å². The molecule has 0 radical (unpaired) electrons. The number of unbranched alkanes of at least 4 members (excludes halogenated alkanes) is 3. The smallest absolute Gasteiger partial charge is 0.305 e. The van der Waals surface area contributed by atoms with E-state index in [0.717, 1.165) is 51.4 Å². The highest BCUT2D eigenvalue weighted by atomic mass is 16.7. The predicted molar refractivity (Wildman–Crippen MR) is 158 cm³/mol. The van der Waals surface area contributed by atoms with E-state index in [4.69, 9.17) is 14.2 Å². The third-order valence-electron chi connectivity index (χ3n) is 5.51. The van der Waals surface area contributed by atoms with Gasteiger partial charge in [0.05, 0.1) is 40.3 Å². The van der Waals surface area contributed by atoms with Gasteiger partial charge in [0.2, 0.25) is 0 Å². The van der Waals surface area contributed by atoms with Crippen molar-refractivity contribution in [2.24, 2.45) is 0 Å². The van der Waals surface area contributed by atoms with E-state index in [9.17, 15) is 19.8 Å². The average Bonchev–Trinajstić information content (AvgIpc) is 2.89. The van der Waals surface area contributed by atoms with Gasteiger partial charge in [-0.2, -0.15) is 0 Å². The molecule has 228 valence electrons. The fourth-order valence-corrected chi connectivity index (χ4v) is 3.20.